The van der Waals surface area contributed by atoms with Crippen molar-refractivity contribution in [1.29, 1.82) is 0 Å². The lowest BCUT2D eigenvalue weighted by Crippen LogP contribution is -2.49. The van der Waals surface area contributed by atoms with Crippen LogP contribution in [0.1, 0.15) is 75.8 Å². The van der Waals surface area contributed by atoms with Gasteiger partial charge >= 0.3 is 23.9 Å². The summed E-state index contributed by atoms with van der Waals surface area (Å²) < 4.78 is 28.0. The van der Waals surface area contributed by atoms with Crippen LogP contribution in [0.2, 0.25) is 0 Å². The van der Waals surface area contributed by atoms with Crippen LogP contribution in [0.25, 0.3) is 0 Å². The number of ether oxygens (including phenoxy) is 5. The highest BCUT2D eigenvalue weighted by Crippen LogP contribution is 2.55. The van der Waals surface area contributed by atoms with Gasteiger partial charge < -0.3 is 44.1 Å². The SMILES string of the molecule is COC(=O)C[C@](O)(CCC(C)(C)O)C(=O)O[C@@H]1C(OC)=C[C@]23CCCN2CCc2cc4c(cc2[C@H]13)OCO4.O=C(O)CCC(=O)O. The van der Waals surface area contributed by atoms with E-state index in [1.54, 1.807) is 21.0 Å². The van der Waals surface area contributed by atoms with E-state index in [2.05, 4.69) is 11.0 Å². The molecule has 0 aromatic heterocycles. The number of rotatable bonds is 11. The third-order valence-corrected chi connectivity index (χ3v) is 8.95. The molecular formula is C32H43NO13. The minimum absolute atomic E-state index is 0.0701. The van der Waals surface area contributed by atoms with Gasteiger partial charge in [-0.15, -0.1) is 0 Å². The van der Waals surface area contributed by atoms with E-state index >= 15 is 0 Å². The van der Waals surface area contributed by atoms with Crippen LogP contribution >= 0.6 is 0 Å². The lowest BCUT2D eigenvalue weighted by molar-refractivity contribution is -0.179. The normalized spacial score (nSPS) is 24.1. The largest absolute Gasteiger partial charge is 0.497 e. The Hall–Kier alpha value is -3.88. The summed E-state index contributed by atoms with van der Waals surface area (Å²) in [5.41, 5.74) is -1.69. The second kappa shape index (κ2) is 13.9. The molecule has 5 rings (SSSR count). The Morgan fingerprint density at radius 3 is 2.24 bits per heavy atom. The Labute approximate surface area is 266 Å². The van der Waals surface area contributed by atoms with Gasteiger partial charge in [-0.1, -0.05) is 0 Å². The fraction of sp³-hybridized carbons (Fsp3) is 0.625. The van der Waals surface area contributed by atoms with Crippen LogP contribution in [-0.4, -0.2) is 106 Å². The van der Waals surface area contributed by atoms with Crippen LogP contribution < -0.4 is 9.47 Å². The summed E-state index contributed by atoms with van der Waals surface area (Å²) in [5, 5.41) is 37.5. The van der Waals surface area contributed by atoms with E-state index in [-0.39, 0.29) is 38.4 Å². The van der Waals surface area contributed by atoms with Gasteiger partial charge in [0.25, 0.3) is 0 Å². The van der Waals surface area contributed by atoms with Crippen molar-refractivity contribution < 1.29 is 63.3 Å². The van der Waals surface area contributed by atoms with Crippen molar-refractivity contribution in [2.45, 2.75) is 94.0 Å². The summed E-state index contributed by atoms with van der Waals surface area (Å²) in [6.07, 6.45) is 2.59. The molecule has 4 atom stereocenters. The smallest absolute Gasteiger partial charge is 0.339 e. The number of carboxylic acid groups (broad SMARTS) is 2. The van der Waals surface area contributed by atoms with E-state index in [9.17, 15) is 29.4 Å². The van der Waals surface area contributed by atoms with E-state index in [4.69, 9.17) is 33.9 Å². The number of carboxylic acids is 2. The lowest BCUT2D eigenvalue weighted by Gasteiger charge is -2.39. The first kappa shape index (κ1) is 35.0. The van der Waals surface area contributed by atoms with Gasteiger partial charge in [0.2, 0.25) is 6.79 Å². The molecule has 1 fully saturated rings. The summed E-state index contributed by atoms with van der Waals surface area (Å²) in [7, 11) is 2.74. The molecule has 0 saturated carbocycles. The lowest BCUT2D eigenvalue weighted by atomic mass is 9.77. The van der Waals surface area contributed by atoms with Gasteiger partial charge in [0.1, 0.15) is 5.76 Å². The predicted molar refractivity (Wildman–Crippen MR) is 159 cm³/mol. The van der Waals surface area contributed by atoms with Crippen LogP contribution in [0.5, 0.6) is 11.5 Å². The number of hydrogen-bond acceptors (Lipinski definition) is 12. The van der Waals surface area contributed by atoms with Crippen molar-refractivity contribution >= 4 is 23.9 Å². The maximum absolute atomic E-state index is 13.7. The van der Waals surface area contributed by atoms with Crippen molar-refractivity contribution in [2.75, 3.05) is 34.1 Å². The number of aliphatic carboxylic acids is 2. The first-order valence-electron chi connectivity index (χ1n) is 15.2. The number of hydrogen-bond donors (Lipinski definition) is 4. The van der Waals surface area contributed by atoms with Crippen LogP contribution in [0.3, 0.4) is 0 Å². The average Bonchev–Trinajstić information content (AvgIpc) is 3.68. The van der Waals surface area contributed by atoms with Crippen molar-refractivity contribution in [3.63, 3.8) is 0 Å². The average molecular weight is 650 g/mol. The Morgan fingerprint density at radius 1 is 1.00 bits per heavy atom. The molecule has 1 aliphatic carbocycles. The number of aliphatic hydroxyl groups is 2. The number of nitrogens with zero attached hydrogens (tertiary/aromatic N) is 1. The summed E-state index contributed by atoms with van der Waals surface area (Å²) in [6.45, 7) is 5.04. The van der Waals surface area contributed by atoms with Crippen LogP contribution in [0.15, 0.2) is 24.0 Å². The van der Waals surface area contributed by atoms with Crippen LogP contribution in [-0.2, 0) is 39.8 Å². The Balaban J connectivity index is 0.000000533. The molecule has 4 N–H and O–H groups in total. The van der Waals surface area contributed by atoms with Gasteiger partial charge in [0, 0.05) is 6.54 Å². The molecule has 14 heteroatoms. The fourth-order valence-corrected chi connectivity index (χ4v) is 6.62. The molecule has 0 radical (unpaired) electrons. The van der Waals surface area contributed by atoms with Crippen molar-refractivity contribution in [3.05, 3.63) is 35.1 Å². The Morgan fingerprint density at radius 2 is 1.65 bits per heavy atom. The Kier molecular flexibility index (Phi) is 10.5. The van der Waals surface area contributed by atoms with E-state index < -0.39 is 53.1 Å². The topological polar surface area (TPSA) is 199 Å². The molecule has 1 aromatic rings. The zero-order chi connectivity index (χ0) is 33.9. The zero-order valence-electron chi connectivity index (χ0n) is 26.6. The van der Waals surface area contributed by atoms with E-state index in [0.717, 1.165) is 43.5 Å². The number of benzene rings is 1. The molecule has 0 bridgehead atoms. The van der Waals surface area contributed by atoms with E-state index in [0.29, 0.717) is 17.3 Å². The standard InChI is InChI=1S/C28H37NO9.C4H6O4/c1-26(2,32)8-9-28(33,15-22(30)35-4)25(31)38-24-21(34-3)14-27-7-5-10-29(27)11-6-17-12-19-20(37-16-36-19)13-18(17)23(24)27;5-3(6)1-2-4(7)8/h12-14,23-24,32-33H,5-11,15-16H2,1-4H3;1-2H2,(H,5,6)(H,7,8)/t23-,24-,27+,28-;/m1./s1. The summed E-state index contributed by atoms with van der Waals surface area (Å²) in [6, 6.07) is 3.99. The molecule has 0 unspecified atom stereocenters. The van der Waals surface area contributed by atoms with Crippen molar-refractivity contribution in [3.8, 4) is 11.5 Å². The summed E-state index contributed by atoms with van der Waals surface area (Å²) >= 11 is 0. The molecule has 1 saturated heterocycles. The molecule has 3 heterocycles. The zero-order valence-corrected chi connectivity index (χ0v) is 26.6. The van der Waals surface area contributed by atoms with Gasteiger partial charge in [0.05, 0.1) is 50.5 Å². The molecule has 3 aliphatic heterocycles. The number of fused-ring (bicyclic) bond motifs is 3. The maximum atomic E-state index is 13.7. The van der Waals surface area contributed by atoms with Crippen molar-refractivity contribution in [2.24, 2.45) is 0 Å². The molecule has 46 heavy (non-hydrogen) atoms. The molecule has 4 aliphatic rings. The van der Waals surface area contributed by atoms with E-state index in [1.807, 2.05) is 12.1 Å². The van der Waals surface area contributed by atoms with Gasteiger partial charge in [-0.2, -0.15) is 0 Å². The molecule has 1 aromatic carbocycles. The third-order valence-electron chi connectivity index (χ3n) is 8.95. The highest BCUT2D eigenvalue weighted by Gasteiger charge is 2.59. The van der Waals surface area contributed by atoms with Gasteiger partial charge in [-0.25, -0.2) is 4.79 Å². The second-order valence-electron chi connectivity index (χ2n) is 12.7. The fourth-order valence-electron chi connectivity index (χ4n) is 6.62. The summed E-state index contributed by atoms with van der Waals surface area (Å²) in [4.78, 5) is 47.6. The molecular weight excluding hydrogens is 606 g/mol. The molecule has 254 valence electrons. The first-order chi connectivity index (χ1) is 21.6. The third kappa shape index (κ3) is 7.56. The number of methoxy groups -OCH3 is 2. The van der Waals surface area contributed by atoms with Crippen molar-refractivity contribution in [1.82, 2.24) is 4.90 Å². The predicted octanol–water partition coefficient (Wildman–Crippen LogP) is 2.13. The first-order valence-corrected chi connectivity index (χ1v) is 15.2. The second-order valence-corrected chi connectivity index (χ2v) is 12.7. The van der Waals surface area contributed by atoms with Gasteiger partial charge in [0.15, 0.2) is 23.2 Å². The number of carbonyl (C=O) groups is 4. The quantitative estimate of drug-likeness (QED) is 0.254. The minimum atomic E-state index is -2.18. The maximum Gasteiger partial charge on any atom is 0.339 e. The van der Waals surface area contributed by atoms with Gasteiger partial charge in [-0.05, 0) is 81.8 Å². The highest BCUT2D eigenvalue weighted by atomic mass is 16.7. The van der Waals surface area contributed by atoms with Crippen LogP contribution in [0, 0.1) is 0 Å². The monoisotopic (exact) mass is 649 g/mol. The number of esters is 2. The van der Waals surface area contributed by atoms with Gasteiger partial charge in [-0.3, -0.25) is 19.3 Å². The highest BCUT2D eigenvalue weighted by molar-refractivity contribution is 5.86. The molecule has 0 amide bonds. The molecule has 1 spiro atoms. The number of carbonyl (C=O) groups excluding carboxylic acids is 2. The minimum Gasteiger partial charge on any atom is -0.497 e. The van der Waals surface area contributed by atoms with Crippen LogP contribution in [0.4, 0.5) is 0 Å². The Bertz CT molecular complexity index is 1350. The van der Waals surface area contributed by atoms with E-state index in [1.165, 1.54) is 7.11 Å². The summed E-state index contributed by atoms with van der Waals surface area (Å²) in [5.74, 6) is -2.32. The molecule has 14 nitrogen and oxygen atoms in total.